The molecule has 43 heavy (non-hydrogen) atoms. The maximum absolute atomic E-state index is 15.4. The molecule has 2 aliphatic rings. The molecule has 3 aromatic rings. The van der Waals surface area contributed by atoms with Gasteiger partial charge in [-0.1, -0.05) is 54.1 Å². The van der Waals surface area contributed by atoms with Gasteiger partial charge in [-0.05, 0) is 48.2 Å². The van der Waals surface area contributed by atoms with E-state index in [4.69, 9.17) is 16.3 Å². The third kappa shape index (κ3) is 6.56. The molecule has 10 nitrogen and oxygen atoms in total. The second kappa shape index (κ2) is 12.7. The lowest BCUT2D eigenvalue weighted by Crippen LogP contribution is -2.57. The molecule has 0 radical (unpaired) electrons. The fraction of sp³-hybridized carbons (Fsp3) is 0.290. The van der Waals surface area contributed by atoms with Gasteiger partial charge in [0.2, 0.25) is 5.91 Å². The molecule has 224 valence electrons. The number of nitrogens with one attached hydrogen (secondary N) is 3. The fourth-order valence-electron chi connectivity index (χ4n) is 5.49. The first kappa shape index (κ1) is 29.8. The summed E-state index contributed by atoms with van der Waals surface area (Å²) in [5.41, 5.74) is 0.806. The highest BCUT2D eigenvalue weighted by Crippen LogP contribution is 2.45. The minimum absolute atomic E-state index is 0.0996. The second-order valence-corrected chi connectivity index (χ2v) is 10.8. The summed E-state index contributed by atoms with van der Waals surface area (Å²) in [6, 6.07) is 17.7. The Hall–Kier alpha value is -4.64. The van der Waals surface area contributed by atoms with Crippen molar-refractivity contribution in [1.82, 2.24) is 15.5 Å². The lowest BCUT2D eigenvalue weighted by Gasteiger charge is -2.45. The molecular formula is C31H30ClFN4O6. The Morgan fingerprint density at radius 2 is 1.84 bits per heavy atom. The zero-order valence-corrected chi connectivity index (χ0v) is 24.1. The second-order valence-electron chi connectivity index (χ2n) is 10.4. The number of nitrogens with zero attached hydrogens (tertiary/aromatic N) is 1. The highest BCUT2D eigenvalue weighted by atomic mass is 35.5. The van der Waals surface area contributed by atoms with E-state index in [1.54, 1.807) is 24.3 Å². The Bertz CT molecular complexity index is 1540. The SMILES string of the molecule is COC(=O)NCc1ccc(C(=O)N[C@@H](Cc2ccccc2)C(=O)N2CCC[C@@]3(C2)OC(=O)Nc2ccc(Cl)c(F)c23)cc1. The predicted octanol–water partition coefficient (Wildman–Crippen LogP) is 4.76. The number of methoxy groups -OCH3 is 1. The van der Waals surface area contributed by atoms with Crippen molar-refractivity contribution in [2.75, 3.05) is 25.5 Å². The van der Waals surface area contributed by atoms with Crippen molar-refractivity contribution < 1.29 is 33.0 Å². The molecule has 0 saturated carbocycles. The van der Waals surface area contributed by atoms with E-state index < -0.39 is 41.5 Å². The first-order valence-electron chi connectivity index (χ1n) is 13.7. The zero-order chi connectivity index (χ0) is 30.6. The number of halogens is 2. The highest BCUT2D eigenvalue weighted by Gasteiger charge is 2.49. The van der Waals surface area contributed by atoms with Gasteiger partial charge >= 0.3 is 12.2 Å². The van der Waals surface area contributed by atoms with Crippen LogP contribution in [0.4, 0.5) is 19.7 Å². The average molecular weight is 609 g/mol. The molecule has 5 rings (SSSR count). The van der Waals surface area contributed by atoms with E-state index in [1.807, 2.05) is 30.3 Å². The third-order valence-corrected chi connectivity index (χ3v) is 7.86. The molecule has 2 atom stereocenters. The van der Waals surface area contributed by atoms with Gasteiger partial charge in [0.15, 0.2) is 11.4 Å². The van der Waals surface area contributed by atoms with Crippen molar-refractivity contribution in [2.24, 2.45) is 0 Å². The molecule has 0 aromatic heterocycles. The van der Waals surface area contributed by atoms with Gasteiger partial charge in [0.1, 0.15) is 6.04 Å². The van der Waals surface area contributed by atoms with Gasteiger partial charge in [0.05, 0.1) is 29.9 Å². The number of anilines is 1. The zero-order valence-electron chi connectivity index (χ0n) is 23.3. The minimum atomic E-state index is -1.43. The van der Waals surface area contributed by atoms with Gasteiger partial charge in [0, 0.05) is 25.1 Å². The van der Waals surface area contributed by atoms with E-state index in [-0.39, 0.29) is 35.8 Å². The summed E-state index contributed by atoms with van der Waals surface area (Å²) in [5, 5.41) is 7.83. The van der Waals surface area contributed by atoms with Crippen LogP contribution in [-0.4, -0.2) is 55.1 Å². The molecule has 12 heteroatoms. The molecule has 3 aromatic carbocycles. The summed E-state index contributed by atoms with van der Waals surface area (Å²) >= 11 is 6.09. The first-order chi connectivity index (χ1) is 20.7. The Morgan fingerprint density at radius 3 is 2.56 bits per heavy atom. The van der Waals surface area contributed by atoms with Crippen molar-refractivity contribution in [3.63, 3.8) is 0 Å². The number of likely N-dealkylation sites (tertiary alicyclic amines) is 1. The van der Waals surface area contributed by atoms with Crippen LogP contribution < -0.4 is 16.0 Å². The fourth-order valence-corrected chi connectivity index (χ4v) is 5.65. The van der Waals surface area contributed by atoms with Crippen LogP contribution in [0.15, 0.2) is 66.7 Å². The van der Waals surface area contributed by atoms with E-state index in [1.165, 1.54) is 24.1 Å². The van der Waals surface area contributed by atoms with Crippen LogP contribution in [0.2, 0.25) is 5.02 Å². The van der Waals surface area contributed by atoms with E-state index in [0.29, 0.717) is 24.9 Å². The smallest absolute Gasteiger partial charge is 0.412 e. The Balaban J connectivity index is 1.38. The molecule has 0 unspecified atom stereocenters. The molecule has 2 aliphatic heterocycles. The van der Waals surface area contributed by atoms with E-state index in [0.717, 1.165) is 11.1 Å². The predicted molar refractivity (Wildman–Crippen MR) is 156 cm³/mol. The number of benzene rings is 3. The summed E-state index contributed by atoms with van der Waals surface area (Å²) < 4.78 is 25.6. The molecule has 1 saturated heterocycles. The van der Waals surface area contributed by atoms with Crippen molar-refractivity contribution in [3.05, 3.63) is 99.8 Å². The van der Waals surface area contributed by atoms with Crippen molar-refractivity contribution >= 4 is 41.3 Å². The number of hydrogen-bond acceptors (Lipinski definition) is 6. The van der Waals surface area contributed by atoms with E-state index in [9.17, 15) is 19.2 Å². The number of carbonyl (C=O) groups is 4. The number of amides is 4. The Labute approximate surface area is 252 Å². The van der Waals surface area contributed by atoms with Crippen LogP contribution in [-0.2, 0) is 32.8 Å². The monoisotopic (exact) mass is 608 g/mol. The quantitative estimate of drug-likeness (QED) is 0.355. The molecule has 4 amide bonds. The van der Waals surface area contributed by atoms with Gasteiger partial charge in [-0.15, -0.1) is 0 Å². The molecule has 1 fully saturated rings. The van der Waals surface area contributed by atoms with Crippen molar-refractivity contribution in [1.29, 1.82) is 0 Å². The maximum atomic E-state index is 15.4. The van der Waals surface area contributed by atoms with Crippen LogP contribution in [0, 0.1) is 5.82 Å². The highest BCUT2D eigenvalue weighted by molar-refractivity contribution is 6.31. The van der Waals surface area contributed by atoms with Crippen molar-refractivity contribution in [2.45, 2.75) is 37.5 Å². The molecule has 3 N–H and O–H groups in total. The average Bonchev–Trinajstić information content (AvgIpc) is 3.01. The summed E-state index contributed by atoms with van der Waals surface area (Å²) in [6.07, 6.45) is -0.396. The normalized spacial score (nSPS) is 18.1. The summed E-state index contributed by atoms with van der Waals surface area (Å²) in [7, 11) is 1.27. The lowest BCUT2D eigenvalue weighted by molar-refractivity contribution is -0.141. The van der Waals surface area contributed by atoms with Crippen molar-refractivity contribution in [3.8, 4) is 0 Å². The summed E-state index contributed by atoms with van der Waals surface area (Å²) in [6.45, 7) is 0.439. The number of piperidine rings is 1. The van der Waals surface area contributed by atoms with Gasteiger partial charge in [-0.25, -0.2) is 14.0 Å². The summed E-state index contributed by atoms with van der Waals surface area (Å²) in [5.74, 6) is -1.58. The van der Waals surface area contributed by atoms with Crippen LogP contribution >= 0.6 is 11.6 Å². The number of carbonyl (C=O) groups excluding carboxylic acids is 4. The molecule has 0 aliphatic carbocycles. The van der Waals surface area contributed by atoms with Gasteiger partial charge in [-0.3, -0.25) is 14.9 Å². The molecule has 2 heterocycles. The number of ether oxygens (including phenoxy) is 2. The number of hydrogen-bond donors (Lipinski definition) is 3. The van der Waals surface area contributed by atoms with Crippen LogP contribution in [0.5, 0.6) is 0 Å². The Morgan fingerprint density at radius 1 is 1.09 bits per heavy atom. The summed E-state index contributed by atoms with van der Waals surface area (Å²) in [4.78, 5) is 52.7. The largest absolute Gasteiger partial charge is 0.453 e. The number of rotatable bonds is 7. The molecule has 0 bridgehead atoms. The molecule has 1 spiro atoms. The minimum Gasteiger partial charge on any atom is -0.453 e. The number of fused-ring (bicyclic) bond motifs is 2. The molecular weight excluding hydrogens is 579 g/mol. The topological polar surface area (TPSA) is 126 Å². The van der Waals surface area contributed by atoms with Crippen LogP contribution in [0.25, 0.3) is 0 Å². The Kier molecular flexibility index (Phi) is 8.81. The maximum Gasteiger partial charge on any atom is 0.412 e. The van der Waals surface area contributed by atoms with E-state index >= 15 is 4.39 Å². The van der Waals surface area contributed by atoms with Gasteiger partial charge in [-0.2, -0.15) is 0 Å². The standard InChI is InChI=1S/C31H30ClFN4O6/c1-42-29(40)34-17-20-8-10-21(11-9-20)27(38)35-24(16-19-6-3-2-4-7-19)28(39)37-15-5-14-31(18-37)25-23(36-30(41)43-31)13-12-22(32)26(25)33/h2-4,6-13,24H,5,14-18H2,1H3,(H,34,40)(H,35,38)(H,36,41)/t24-,31-/m0/s1. The third-order valence-electron chi connectivity index (χ3n) is 7.57. The van der Waals surface area contributed by atoms with Crippen LogP contribution in [0.3, 0.4) is 0 Å². The number of alkyl carbamates (subject to hydrolysis) is 1. The van der Waals surface area contributed by atoms with E-state index in [2.05, 4.69) is 20.7 Å². The van der Waals surface area contributed by atoms with Crippen LogP contribution in [0.1, 0.15) is 39.9 Å². The van der Waals surface area contributed by atoms with Gasteiger partial charge < -0.3 is 25.0 Å². The lowest BCUT2D eigenvalue weighted by atomic mass is 9.82. The van der Waals surface area contributed by atoms with Gasteiger partial charge in [0.25, 0.3) is 5.91 Å². The first-order valence-corrected chi connectivity index (χ1v) is 14.1.